The third kappa shape index (κ3) is 3.69. The van der Waals surface area contributed by atoms with Crippen molar-refractivity contribution in [3.63, 3.8) is 0 Å². The second-order valence-corrected chi connectivity index (χ2v) is 6.64. The summed E-state index contributed by atoms with van der Waals surface area (Å²) in [5, 5.41) is 6.57. The van der Waals surface area contributed by atoms with Crippen molar-refractivity contribution in [3.05, 3.63) is 0 Å². The van der Waals surface area contributed by atoms with Crippen LogP contribution in [0.2, 0.25) is 0 Å². The quantitative estimate of drug-likeness (QED) is 0.789. The molecule has 2 fully saturated rings. The summed E-state index contributed by atoms with van der Waals surface area (Å²) in [6.07, 6.45) is 4.26. The van der Waals surface area contributed by atoms with Crippen LogP contribution in [0.1, 0.15) is 46.5 Å². The lowest BCUT2D eigenvalue weighted by molar-refractivity contribution is -0.121. The molecule has 4 heteroatoms. The lowest BCUT2D eigenvalue weighted by Gasteiger charge is -2.23. The van der Waals surface area contributed by atoms with Crippen molar-refractivity contribution in [2.24, 2.45) is 0 Å². The Balaban J connectivity index is 1.68. The minimum absolute atomic E-state index is 0.0931. The van der Waals surface area contributed by atoms with Crippen molar-refractivity contribution in [1.82, 2.24) is 15.5 Å². The van der Waals surface area contributed by atoms with Gasteiger partial charge in [0.1, 0.15) is 0 Å². The molecule has 0 aromatic rings. The molecule has 18 heavy (non-hydrogen) atoms. The lowest BCUT2D eigenvalue weighted by atomic mass is 10.1. The molecule has 2 saturated heterocycles. The van der Waals surface area contributed by atoms with Crippen LogP contribution in [0.3, 0.4) is 0 Å². The van der Waals surface area contributed by atoms with Gasteiger partial charge in [-0.2, -0.15) is 0 Å². The van der Waals surface area contributed by atoms with Gasteiger partial charge in [0, 0.05) is 37.1 Å². The zero-order valence-corrected chi connectivity index (χ0v) is 12.0. The van der Waals surface area contributed by atoms with Crippen LogP contribution in [0.5, 0.6) is 0 Å². The Kier molecular flexibility index (Phi) is 4.28. The van der Waals surface area contributed by atoms with E-state index < -0.39 is 0 Å². The van der Waals surface area contributed by atoms with Gasteiger partial charge in [-0.05, 0) is 46.6 Å². The SMILES string of the molecule is CC(C)(C)NCCC(=O)NC1CCN2CCCC12. The maximum Gasteiger partial charge on any atom is 0.221 e. The van der Waals surface area contributed by atoms with Crippen molar-refractivity contribution in [1.29, 1.82) is 0 Å². The van der Waals surface area contributed by atoms with Gasteiger partial charge in [0.05, 0.1) is 0 Å². The van der Waals surface area contributed by atoms with Crippen molar-refractivity contribution in [2.75, 3.05) is 19.6 Å². The monoisotopic (exact) mass is 253 g/mol. The van der Waals surface area contributed by atoms with Crippen LogP contribution in [0.4, 0.5) is 0 Å². The van der Waals surface area contributed by atoms with Gasteiger partial charge < -0.3 is 10.6 Å². The van der Waals surface area contributed by atoms with Crippen LogP contribution in [0.15, 0.2) is 0 Å². The van der Waals surface area contributed by atoms with Crippen LogP contribution in [-0.4, -0.2) is 48.1 Å². The molecule has 2 rings (SSSR count). The molecule has 0 radical (unpaired) electrons. The van der Waals surface area contributed by atoms with E-state index in [-0.39, 0.29) is 11.4 Å². The highest BCUT2D eigenvalue weighted by Crippen LogP contribution is 2.27. The maximum absolute atomic E-state index is 11.9. The Hall–Kier alpha value is -0.610. The average molecular weight is 253 g/mol. The summed E-state index contributed by atoms with van der Waals surface area (Å²) in [6.45, 7) is 9.52. The molecule has 0 spiro atoms. The topological polar surface area (TPSA) is 44.4 Å². The zero-order valence-electron chi connectivity index (χ0n) is 12.0. The molecule has 2 aliphatic heterocycles. The molecule has 0 saturated carbocycles. The van der Waals surface area contributed by atoms with Gasteiger partial charge in [0.15, 0.2) is 0 Å². The van der Waals surface area contributed by atoms with E-state index in [1.165, 1.54) is 19.4 Å². The van der Waals surface area contributed by atoms with Crippen molar-refractivity contribution < 1.29 is 4.79 Å². The van der Waals surface area contributed by atoms with E-state index in [4.69, 9.17) is 0 Å². The Bertz CT molecular complexity index is 298. The number of nitrogens with one attached hydrogen (secondary N) is 2. The van der Waals surface area contributed by atoms with E-state index in [9.17, 15) is 4.79 Å². The number of amides is 1. The number of carbonyl (C=O) groups excluding carboxylic acids is 1. The molecule has 4 nitrogen and oxygen atoms in total. The van der Waals surface area contributed by atoms with E-state index in [1.807, 2.05) is 0 Å². The summed E-state index contributed by atoms with van der Waals surface area (Å²) in [6, 6.07) is 1.01. The molecular weight excluding hydrogens is 226 g/mol. The molecular formula is C14H27N3O. The molecule has 2 atom stereocenters. The Morgan fingerprint density at radius 3 is 2.78 bits per heavy atom. The summed E-state index contributed by atoms with van der Waals surface area (Å²) >= 11 is 0. The summed E-state index contributed by atoms with van der Waals surface area (Å²) in [7, 11) is 0. The average Bonchev–Trinajstić information content (AvgIpc) is 2.81. The molecule has 0 bridgehead atoms. The van der Waals surface area contributed by atoms with Crippen LogP contribution in [-0.2, 0) is 4.79 Å². The van der Waals surface area contributed by atoms with Gasteiger partial charge in [0.2, 0.25) is 5.91 Å². The van der Waals surface area contributed by atoms with E-state index in [1.54, 1.807) is 0 Å². The maximum atomic E-state index is 11.9. The number of carbonyl (C=O) groups is 1. The summed E-state index contributed by atoms with van der Waals surface area (Å²) in [4.78, 5) is 14.4. The predicted molar refractivity (Wildman–Crippen MR) is 73.5 cm³/mol. The third-order valence-electron chi connectivity index (χ3n) is 3.96. The lowest BCUT2D eigenvalue weighted by Crippen LogP contribution is -2.44. The molecule has 1 amide bonds. The first-order chi connectivity index (χ1) is 8.46. The number of fused-ring (bicyclic) bond motifs is 1. The Morgan fingerprint density at radius 1 is 1.28 bits per heavy atom. The molecule has 2 aliphatic rings. The highest BCUT2D eigenvalue weighted by atomic mass is 16.1. The fourth-order valence-electron chi connectivity index (χ4n) is 3.08. The van der Waals surface area contributed by atoms with Crippen molar-refractivity contribution in [2.45, 2.75) is 64.1 Å². The molecule has 2 N–H and O–H groups in total. The molecule has 2 unspecified atom stereocenters. The normalized spacial score (nSPS) is 28.4. The van der Waals surface area contributed by atoms with Gasteiger partial charge in [-0.25, -0.2) is 0 Å². The highest BCUT2D eigenvalue weighted by Gasteiger charge is 2.37. The summed E-state index contributed by atoms with van der Waals surface area (Å²) in [5.74, 6) is 0.200. The van der Waals surface area contributed by atoms with Gasteiger partial charge >= 0.3 is 0 Å². The molecule has 2 heterocycles. The summed E-state index contributed by atoms with van der Waals surface area (Å²) in [5.41, 5.74) is 0.0931. The van der Waals surface area contributed by atoms with E-state index in [0.717, 1.165) is 19.5 Å². The van der Waals surface area contributed by atoms with Crippen LogP contribution in [0, 0.1) is 0 Å². The van der Waals surface area contributed by atoms with E-state index >= 15 is 0 Å². The summed E-state index contributed by atoms with van der Waals surface area (Å²) < 4.78 is 0. The van der Waals surface area contributed by atoms with Gasteiger partial charge in [-0.1, -0.05) is 0 Å². The fraction of sp³-hybridized carbons (Fsp3) is 0.929. The van der Waals surface area contributed by atoms with Crippen molar-refractivity contribution >= 4 is 5.91 Å². The van der Waals surface area contributed by atoms with Gasteiger partial charge in [-0.3, -0.25) is 9.69 Å². The smallest absolute Gasteiger partial charge is 0.221 e. The fourth-order valence-corrected chi connectivity index (χ4v) is 3.08. The zero-order chi connectivity index (χ0) is 13.2. The second-order valence-electron chi connectivity index (χ2n) is 6.64. The number of hydrogen-bond acceptors (Lipinski definition) is 3. The second kappa shape index (κ2) is 5.57. The Labute approximate surface area is 110 Å². The molecule has 0 aromatic heterocycles. The highest BCUT2D eigenvalue weighted by molar-refractivity contribution is 5.76. The van der Waals surface area contributed by atoms with Crippen LogP contribution in [0.25, 0.3) is 0 Å². The number of hydrogen-bond donors (Lipinski definition) is 2. The van der Waals surface area contributed by atoms with Gasteiger partial charge in [-0.15, -0.1) is 0 Å². The minimum atomic E-state index is 0.0931. The first-order valence-corrected chi connectivity index (χ1v) is 7.24. The third-order valence-corrected chi connectivity index (χ3v) is 3.96. The standard InChI is InChI=1S/C14H27N3O/c1-14(2,3)15-8-6-13(18)16-11-7-10-17-9-4-5-12(11)17/h11-12,15H,4-10H2,1-3H3,(H,16,18). The van der Waals surface area contributed by atoms with Gasteiger partial charge in [0.25, 0.3) is 0 Å². The Morgan fingerprint density at radius 2 is 2.06 bits per heavy atom. The number of rotatable bonds is 4. The largest absolute Gasteiger partial charge is 0.352 e. The predicted octanol–water partition coefficient (Wildman–Crippen LogP) is 1.12. The first kappa shape index (κ1) is 13.8. The number of nitrogens with zero attached hydrogens (tertiary/aromatic N) is 1. The van der Waals surface area contributed by atoms with Crippen LogP contribution < -0.4 is 10.6 Å². The molecule has 0 aromatic carbocycles. The molecule has 0 aliphatic carbocycles. The first-order valence-electron chi connectivity index (χ1n) is 7.24. The van der Waals surface area contributed by atoms with Crippen LogP contribution >= 0.6 is 0 Å². The van der Waals surface area contributed by atoms with Crippen molar-refractivity contribution in [3.8, 4) is 0 Å². The van der Waals surface area contributed by atoms with E-state index in [0.29, 0.717) is 18.5 Å². The van der Waals surface area contributed by atoms with E-state index in [2.05, 4.69) is 36.3 Å². The minimum Gasteiger partial charge on any atom is -0.352 e. The molecule has 104 valence electrons.